The van der Waals surface area contributed by atoms with Crippen LogP contribution < -0.4 is 15.2 Å². The van der Waals surface area contributed by atoms with Crippen molar-refractivity contribution in [1.82, 2.24) is 0 Å². The van der Waals surface area contributed by atoms with E-state index in [1.54, 1.807) is 7.11 Å². The molecule has 1 aromatic carbocycles. The largest absolute Gasteiger partial charge is 0.493 e. The Balaban J connectivity index is 2.05. The van der Waals surface area contributed by atoms with E-state index in [0.29, 0.717) is 0 Å². The van der Waals surface area contributed by atoms with Crippen molar-refractivity contribution in [2.24, 2.45) is 11.7 Å². The van der Waals surface area contributed by atoms with Gasteiger partial charge >= 0.3 is 0 Å². The van der Waals surface area contributed by atoms with E-state index in [0.717, 1.165) is 48.8 Å². The van der Waals surface area contributed by atoms with Gasteiger partial charge in [-0.2, -0.15) is 0 Å². The molecule has 0 aromatic heterocycles. The highest BCUT2D eigenvalue weighted by Crippen LogP contribution is 2.35. The molecule has 3 nitrogen and oxygen atoms in total. The molecule has 1 fully saturated rings. The maximum Gasteiger partial charge on any atom is 0.164 e. The third-order valence-electron chi connectivity index (χ3n) is 3.76. The second-order valence-corrected chi connectivity index (χ2v) is 5.40. The summed E-state index contributed by atoms with van der Waals surface area (Å²) in [7, 11) is 1.69. The molecule has 3 heteroatoms. The highest BCUT2D eigenvalue weighted by atomic mass is 16.5. The Morgan fingerprint density at radius 3 is 2.79 bits per heavy atom. The van der Waals surface area contributed by atoms with E-state index < -0.39 is 0 Å². The molecule has 19 heavy (non-hydrogen) atoms. The molecular weight excluding hydrogens is 238 g/mol. The van der Waals surface area contributed by atoms with Crippen molar-refractivity contribution in [3.8, 4) is 11.5 Å². The third-order valence-corrected chi connectivity index (χ3v) is 3.76. The number of ether oxygens (including phenoxy) is 2. The van der Waals surface area contributed by atoms with E-state index in [2.05, 4.69) is 13.0 Å². The van der Waals surface area contributed by atoms with Gasteiger partial charge in [-0.15, -0.1) is 0 Å². The Morgan fingerprint density at radius 2 is 2.16 bits per heavy atom. The highest BCUT2D eigenvalue weighted by Gasteiger charge is 2.21. The van der Waals surface area contributed by atoms with E-state index in [9.17, 15) is 0 Å². The third kappa shape index (κ3) is 4.13. The molecule has 0 aliphatic heterocycles. The van der Waals surface area contributed by atoms with Crippen LogP contribution in [-0.2, 0) is 6.42 Å². The van der Waals surface area contributed by atoms with Gasteiger partial charge in [0.2, 0.25) is 0 Å². The lowest BCUT2D eigenvalue weighted by atomic mass is 10.0. The van der Waals surface area contributed by atoms with Gasteiger partial charge in [-0.05, 0) is 36.8 Å². The van der Waals surface area contributed by atoms with Crippen LogP contribution >= 0.6 is 0 Å². The molecule has 0 radical (unpaired) electrons. The predicted octanol–water partition coefficient (Wildman–Crippen LogP) is 3.15. The van der Waals surface area contributed by atoms with Gasteiger partial charge in [0.1, 0.15) is 0 Å². The molecule has 0 heterocycles. The molecule has 1 aromatic rings. The average molecular weight is 263 g/mol. The van der Waals surface area contributed by atoms with E-state index in [1.807, 2.05) is 12.1 Å². The summed E-state index contributed by atoms with van der Waals surface area (Å²) in [5, 5.41) is 0. The molecule has 2 N–H and O–H groups in total. The van der Waals surface area contributed by atoms with Crippen LogP contribution in [0.1, 0.15) is 38.2 Å². The SMILES string of the molecule is CCC(N)Cc1cccc(OC)c1OCCC1CC1. The van der Waals surface area contributed by atoms with Crippen LogP contribution in [-0.4, -0.2) is 19.8 Å². The minimum absolute atomic E-state index is 0.179. The van der Waals surface area contributed by atoms with Crippen molar-refractivity contribution in [3.63, 3.8) is 0 Å². The maximum atomic E-state index is 6.06. The topological polar surface area (TPSA) is 44.5 Å². The monoisotopic (exact) mass is 263 g/mol. The van der Waals surface area contributed by atoms with Crippen molar-refractivity contribution in [2.45, 2.75) is 45.1 Å². The highest BCUT2D eigenvalue weighted by molar-refractivity contribution is 5.47. The zero-order valence-corrected chi connectivity index (χ0v) is 12.0. The molecule has 0 bridgehead atoms. The first-order chi connectivity index (χ1) is 9.24. The van der Waals surface area contributed by atoms with Crippen LogP contribution in [0.5, 0.6) is 11.5 Å². The molecule has 1 atom stereocenters. The molecule has 2 rings (SSSR count). The molecule has 106 valence electrons. The quantitative estimate of drug-likeness (QED) is 0.783. The minimum Gasteiger partial charge on any atom is -0.493 e. The summed E-state index contributed by atoms with van der Waals surface area (Å²) < 4.78 is 11.4. The van der Waals surface area contributed by atoms with Crippen molar-refractivity contribution < 1.29 is 9.47 Å². The van der Waals surface area contributed by atoms with Crippen molar-refractivity contribution in [1.29, 1.82) is 0 Å². The van der Waals surface area contributed by atoms with Gasteiger partial charge in [0, 0.05) is 6.04 Å². The van der Waals surface area contributed by atoms with Gasteiger partial charge in [0.05, 0.1) is 13.7 Å². The van der Waals surface area contributed by atoms with Gasteiger partial charge in [-0.1, -0.05) is 31.9 Å². The number of benzene rings is 1. The standard InChI is InChI=1S/C16H25NO2/c1-3-14(17)11-13-5-4-6-15(18-2)16(13)19-10-9-12-7-8-12/h4-6,12,14H,3,7-11,17H2,1-2H3. The molecule has 1 aliphatic carbocycles. The Kier molecular flexibility index (Phi) is 5.08. The number of rotatable bonds is 8. The maximum absolute atomic E-state index is 6.06. The van der Waals surface area contributed by atoms with E-state index in [4.69, 9.17) is 15.2 Å². The lowest BCUT2D eigenvalue weighted by Crippen LogP contribution is -2.22. The fourth-order valence-corrected chi connectivity index (χ4v) is 2.21. The van der Waals surface area contributed by atoms with Crippen LogP contribution in [0.15, 0.2) is 18.2 Å². The van der Waals surface area contributed by atoms with Crippen molar-refractivity contribution in [3.05, 3.63) is 23.8 Å². The minimum atomic E-state index is 0.179. The lowest BCUT2D eigenvalue weighted by Gasteiger charge is -2.17. The van der Waals surface area contributed by atoms with Crippen LogP contribution in [0, 0.1) is 5.92 Å². The van der Waals surface area contributed by atoms with E-state index in [1.165, 1.54) is 12.8 Å². The fraction of sp³-hybridized carbons (Fsp3) is 0.625. The molecule has 0 saturated heterocycles. The number of methoxy groups -OCH3 is 1. The van der Waals surface area contributed by atoms with Gasteiger partial charge in [0.25, 0.3) is 0 Å². The normalized spacial score (nSPS) is 16.2. The Labute approximate surface area is 116 Å². The van der Waals surface area contributed by atoms with Gasteiger partial charge in [-0.25, -0.2) is 0 Å². The van der Waals surface area contributed by atoms with Crippen LogP contribution in [0.2, 0.25) is 0 Å². The first kappa shape index (κ1) is 14.2. The van der Waals surface area contributed by atoms with E-state index in [-0.39, 0.29) is 6.04 Å². The molecule has 1 saturated carbocycles. The van der Waals surface area contributed by atoms with E-state index >= 15 is 0 Å². The summed E-state index contributed by atoms with van der Waals surface area (Å²) in [6, 6.07) is 6.22. The summed E-state index contributed by atoms with van der Waals surface area (Å²) in [4.78, 5) is 0. The van der Waals surface area contributed by atoms with Crippen molar-refractivity contribution in [2.75, 3.05) is 13.7 Å². The summed E-state index contributed by atoms with van der Waals surface area (Å²) in [6.07, 6.45) is 5.69. The second-order valence-electron chi connectivity index (χ2n) is 5.40. The van der Waals surface area contributed by atoms with Gasteiger partial charge in [-0.3, -0.25) is 0 Å². The zero-order valence-electron chi connectivity index (χ0n) is 12.0. The Hall–Kier alpha value is -1.22. The molecule has 1 unspecified atom stereocenters. The first-order valence-corrected chi connectivity index (χ1v) is 7.28. The van der Waals surface area contributed by atoms with Gasteiger partial charge < -0.3 is 15.2 Å². The van der Waals surface area contributed by atoms with Crippen LogP contribution in [0.4, 0.5) is 0 Å². The summed E-state index contributed by atoms with van der Waals surface area (Å²) in [5.41, 5.74) is 7.21. The molecular formula is C16H25NO2. The second kappa shape index (κ2) is 6.80. The van der Waals surface area contributed by atoms with Crippen LogP contribution in [0.25, 0.3) is 0 Å². The lowest BCUT2D eigenvalue weighted by molar-refractivity contribution is 0.279. The number of hydrogen-bond donors (Lipinski definition) is 1. The predicted molar refractivity (Wildman–Crippen MR) is 77.8 cm³/mol. The van der Waals surface area contributed by atoms with Gasteiger partial charge in [0.15, 0.2) is 11.5 Å². The molecule has 0 amide bonds. The Bertz CT molecular complexity index is 402. The smallest absolute Gasteiger partial charge is 0.164 e. The number of nitrogens with two attached hydrogens (primary N) is 1. The first-order valence-electron chi connectivity index (χ1n) is 7.28. The summed E-state index contributed by atoms with van der Waals surface area (Å²) in [5.74, 6) is 2.59. The average Bonchev–Trinajstić information content (AvgIpc) is 3.24. The summed E-state index contributed by atoms with van der Waals surface area (Å²) in [6.45, 7) is 2.89. The number of para-hydroxylation sites is 1. The number of hydrogen-bond acceptors (Lipinski definition) is 3. The van der Waals surface area contributed by atoms with Crippen LogP contribution in [0.3, 0.4) is 0 Å². The summed E-state index contributed by atoms with van der Waals surface area (Å²) >= 11 is 0. The van der Waals surface area contributed by atoms with Crippen molar-refractivity contribution >= 4 is 0 Å². The fourth-order valence-electron chi connectivity index (χ4n) is 2.21. The Morgan fingerprint density at radius 1 is 1.37 bits per heavy atom. The molecule has 1 aliphatic rings. The zero-order chi connectivity index (χ0) is 13.7. The molecule has 0 spiro atoms.